The number of benzene rings is 1. The quantitative estimate of drug-likeness (QED) is 0.883. The molecule has 0 aromatic heterocycles. The molecule has 0 saturated carbocycles. The Hall–Kier alpha value is -0.440. The number of nitrogens with zero attached hydrogens (tertiary/aromatic N) is 1. The lowest BCUT2D eigenvalue weighted by Gasteiger charge is -2.27. The highest BCUT2D eigenvalue weighted by molar-refractivity contribution is 6.35. The van der Waals surface area contributed by atoms with Gasteiger partial charge in [-0.05, 0) is 44.0 Å². The summed E-state index contributed by atoms with van der Waals surface area (Å²) < 4.78 is 0. The van der Waals surface area contributed by atoms with Crippen molar-refractivity contribution in [2.45, 2.75) is 19.4 Å². The van der Waals surface area contributed by atoms with Gasteiger partial charge in [-0.2, -0.15) is 0 Å². The summed E-state index contributed by atoms with van der Waals surface area (Å²) in [5, 5.41) is 1.48. The molecule has 4 heteroatoms. The van der Waals surface area contributed by atoms with E-state index in [1.54, 1.807) is 0 Å². The van der Waals surface area contributed by atoms with E-state index in [0.717, 1.165) is 35.2 Å². The van der Waals surface area contributed by atoms with E-state index in [1.165, 1.54) is 0 Å². The molecular formula is C12H16Cl2N2. The van der Waals surface area contributed by atoms with E-state index in [9.17, 15) is 0 Å². The molecule has 0 aliphatic carbocycles. The Labute approximate surface area is 106 Å². The second kappa shape index (κ2) is 4.82. The molecule has 1 saturated heterocycles. The zero-order valence-electron chi connectivity index (χ0n) is 9.29. The summed E-state index contributed by atoms with van der Waals surface area (Å²) in [7, 11) is 0. The van der Waals surface area contributed by atoms with Crippen molar-refractivity contribution in [3.05, 3.63) is 28.2 Å². The van der Waals surface area contributed by atoms with Crippen LogP contribution in [0.25, 0.3) is 0 Å². The second-order valence-electron chi connectivity index (χ2n) is 4.31. The second-order valence-corrected chi connectivity index (χ2v) is 5.16. The maximum atomic E-state index is 6.20. The molecule has 0 radical (unpaired) electrons. The van der Waals surface area contributed by atoms with Gasteiger partial charge in [0.15, 0.2) is 0 Å². The molecular weight excluding hydrogens is 243 g/mol. The fourth-order valence-corrected chi connectivity index (χ4v) is 2.76. The van der Waals surface area contributed by atoms with Crippen LogP contribution in [0.4, 0.5) is 5.69 Å². The van der Waals surface area contributed by atoms with Crippen LogP contribution in [0.15, 0.2) is 18.2 Å². The van der Waals surface area contributed by atoms with Gasteiger partial charge >= 0.3 is 0 Å². The number of hydrogen-bond acceptors (Lipinski definition) is 2. The molecule has 1 aliphatic rings. The molecule has 2 atom stereocenters. The number of anilines is 1. The Morgan fingerprint density at radius 3 is 2.81 bits per heavy atom. The van der Waals surface area contributed by atoms with Crippen molar-refractivity contribution in [1.82, 2.24) is 0 Å². The van der Waals surface area contributed by atoms with Gasteiger partial charge < -0.3 is 10.6 Å². The lowest BCUT2D eigenvalue weighted by Crippen LogP contribution is -2.32. The van der Waals surface area contributed by atoms with E-state index in [0.29, 0.717) is 12.0 Å². The van der Waals surface area contributed by atoms with E-state index in [1.807, 2.05) is 18.2 Å². The minimum Gasteiger partial charge on any atom is -0.367 e. The number of nitrogens with two attached hydrogens (primary N) is 1. The average molecular weight is 259 g/mol. The highest BCUT2D eigenvalue weighted by Crippen LogP contribution is 2.35. The maximum absolute atomic E-state index is 6.20. The predicted octanol–water partition coefficient (Wildman–Crippen LogP) is 3.17. The molecule has 0 amide bonds. The minimum atomic E-state index is 0.431. The molecule has 2 unspecified atom stereocenters. The highest BCUT2D eigenvalue weighted by atomic mass is 35.5. The van der Waals surface area contributed by atoms with Crippen molar-refractivity contribution < 1.29 is 0 Å². The maximum Gasteiger partial charge on any atom is 0.0640 e. The van der Waals surface area contributed by atoms with Crippen molar-refractivity contribution >= 4 is 28.9 Å². The lowest BCUT2D eigenvalue weighted by molar-refractivity contribution is 0.508. The van der Waals surface area contributed by atoms with Gasteiger partial charge in [-0.15, -0.1) is 0 Å². The molecule has 2 rings (SSSR count). The van der Waals surface area contributed by atoms with Crippen molar-refractivity contribution in [1.29, 1.82) is 0 Å². The number of rotatable bonds is 2. The summed E-state index contributed by atoms with van der Waals surface area (Å²) in [5.41, 5.74) is 6.77. The van der Waals surface area contributed by atoms with Crippen molar-refractivity contribution in [2.24, 2.45) is 11.7 Å². The summed E-state index contributed by atoms with van der Waals surface area (Å²) in [5.74, 6) is 0.551. The Morgan fingerprint density at radius 2 is 2.19 bits per heavy atom. The van der Waals surface area contributed by atoms with Gasteiger partial charge in [-0.25, -0.2) is 0 Å². The van der Waals surface area contributed by atoms with Crippen LogP contribution in [0.1, 0.15) is 13.3 Å². The van der Waals surface area contributed by atoms with E-state index >= 15 is 0 Å². The summed E-state index contributed by atoms with van der Waals surface area (Å²) in [6.45, 7) is 3.93. The Balaban J connectivity index is 2.28. The lowest BCUT2D eigenvalue weighted by atomic mass is 10.0. The fraction of sp³-hybridized carbons (Fsp3) is 0.500. The first kappa shape index (κ1) is 12.0. The van der Waals surface area contributed by atoms with Gasteiger partial charge in [-0.3, -0.25) is 0 Å². The summed E-state index contributed by atoms with van der Waals surface area (Å²) in [4.78, 5) is 2.30. The van der Waals surface area contributed by atoms with Gasteiger partial charge in [0.1, 0.15) is 0 Å². The number of hydrogen-bond donors (Lipinski definition) is 1. The van der Waals surface area contributed by atoms with E-state index < -0.39 is 0 Å². The van der Waals surface area contributed by atoms with Crippen LogP contribution in [0.2, 0.25) is 10.0 Å². The molecule has 1 fully saturated rings. The predicted molar refractivity (Wildman–Crippen MR) is 70.4 cm³/mol. The van der Waals surface area contributed by atoms with Crippen LogP contribution in [0, 0.1) is 5.92 Å². The van der Waals surface area contributed by atoms with Crippen LogP contribution in [-0.4, -0.2) is 19.1 Å². The van der Waals surface area contributed by atoms with Gasteiger partial charge in [0.05, 0.1) is 10.7 Å². The molecule has 88 valence electrons. The van der Waals surface area contributed by atoms with Crippen LogP contribution in [-0.2, 0) is 0 Å². The summed E-state index contributed by atoms with van der Waals surface area (Å²) >= 11 is 12.2. The Bertz CT molecular complexity index is 381. The summed E-state index contributed by atoms with van der Waals surface area (Å²) in [6, 6.07) is 6.02. The first-order valence-corrected chi connectivity index (χ1v) is 6.31. The minimum absolute atomic E-state index is 0.431. The Kier molecular flexibility index (Phi) is 3.63. The summed E-state index contributed by atoms with van der Waals surface area (Å²) in [6.07, 6.45) is 1.13. The standard InChI is InChI=1S/C12H16Cl2N2/c1-8-9(7-15)4-5-16(8)12-6-10(13)2-3-11(12)14/h2-3,6,8-9H,4-5,7,15H2,1H3. The zero-order valence-corrected chi connectivity index (χ0v) is 10.8. The third-order valence-electron chi connectivity index (χ3n) is 3.43. The van der Waals surface area contributed by atoms with Gasteiger partial charge in [-0.1, -0.05) is 23.2 Å². The molecule has 1 heterocycles. The van der Waals surface area contributed by atoms with Gasteiger partial charge in [0.25, 0.3) is 0 Å². The third kappa shape index (κ3) is 2.15. The van der Waals surface area contributed by atoms with Gasteiger partial charge in [0, 0.05) is 17.6 Å². The van der Waals surface area contributed by atoms with E-state index in [4.69, 9.17) is 28.9 Å². The van der Waals surface area contributed by atoms with Gasteiger partial charge in [0.2, 0.25) is 0 Å². The first-order chi connectivity index (χ1) is 7.63. The van der Waals surface area contributed by atoms with Crippen molar-refractivity contribution in [3.63, 3.8) is 0 Å². The topological polar surface area (TPSA) is 29.3 Å². The third-order valence-corrected chi connectivity index (χ3v) is 3.99. The SMILES string of the molecule is CC1C(CN)CCN1c1cc(Cl)ccc1Cl. The van der Waals surface area contributed by atoms with Crippen LogP contribution in [0.3, 0.4) is 0 Å². The molecule has 1 aromatic carbocycles. The smallest absolute Gasteiger partial charge is 0.0640 e. The Morgan fingerprint density at radius 1 is 1.44 bits per heavy atom. The van der Waals surface area contributed by atoms with E-state index in [2.05, 4.69) is 11.8 Å². The van der Waals surface area contributed by atoms with Crippen molar-refractivity contribution in [2.75, 3.05) is 18.0 Å². The molecule has 0 bridgehead atoms. The molecule has 2 nitrogen and oxygen atoms in total. The largest absolute Gasteiger partial charge is 0.367 e. The normalized spacial score (nSPS) is 25.1. The zero-order chi connectivity index (χ0) is 11.7. The molecule has 2 N–H and O–H groups in total. The average Bonchev–Trinajstić information content (AvgIpc) is 2.63. The van der Waals surface area contributed by atoms with Crippen LogP contribution in [0.5, 0.6) is 0 Å². The fourth-order valence-electron chi connectivity index (χ4n) is 2.36. The number of halogens is 2. The molecule has 16 heavy (non-hydrogen) atoms. The van der Waals surface area contributed by atoms with E-state index in [-0.39, 0.29) is 0 Å². The first-order valence-electron chi connectivity index (χ1n) is 5.55. The van der Waals surface area contributed by atoms with Crippen molar-refractivity contribution in [3.8, 4) is 0 Å². The molecule has 1 aliphatic heterocycles. The molecule has 1 aromatic rings. The molecule has 0 spiro atoms. The monoisotopic (exact) mass is 258 g/mol. The van der Waals surface area contributed by atoms with Crippen LogP contribution >= 0.6 is 23.2 Å². The highest BCUT2D eigenvalue weighted by Gasteiger charge is 2.30. The van der Waals surface area contributed by atoms with Crippen LogP contribution < -0.4 is 10.6 Å².